The molecule has 180 valence electrons. The molecule has 0 saturated carbocycles. The highest BCUT2D eigenvalue weighted by atomic mass is 35.5. The van der Waals surface area contributed by atoms with E-state index in [-0.39, 0.29) is 38.8 Å². The number of aryl methyl sites for hydroxylation is 1. The van der Waals surface area contributed by atoms with Gasteiger partial charge in [0.1, 0.15) is 0 Å². The molecule has 0 N–H and O–H groups in total. The Hall–Kier alpha value is -3.55. The number of hydrogen-bond acceptors (Lipinski definition) is 6. The van der Waals surface area contributed by atoms with Gasteiger partial charge in [-0.15, -0.1) is 0 Å². The SMILES string of the molecule is COCCCn1c(C)cc(C(=O)COC(=O)c2ccc3c(c2Cl)C(=O)c2ccccc2C3=O)c1C. The molecular formula is C27H24ClNO6. The minimum atomic E-state index is -0.848. The lowest BCUT2D eigenvalue weighted by molar-refractivity contribution is 0.0474. The van der Waals surface area contributed by atoms with Gasteiger partial charge >= 0.3 is 5.97 Å². The molecule has 0 fully saturated rings. The van der Waals surface area contributed by atoms with Crippen molar-refractivity contribution in [1.82, 2.24) is 4.57 Å². The van der Waals surface area contributed by atoms with Gasteiger partial charge in [0.2, 0.25) is 5.78 Å². The molecule has 0 atom stereocenters. The fourth-order valence-corrected chi connectivity index (χ4v) is 4.71. The quantitative estimate of drug-likeness (QED) is 0.202. The summed E-state index contributed by atoms with van der Waals surface area (Å²) in [6.45, 7) is 4.59. The van der Waals surface area contributed by atoms with Crippen LogP contribution in [0.1, 0.15) is 70.4 Å². The molecule has 7 nitrogen and oxygen atoms in total. The summed E-state index contributed by atoms with van der Waals surface area (Å²) in [7, 11) is 1.64. The van der Waals surface area contributed by atoms with Crippen molar-refractivity contribution in [2.45, 2.75) is 26.8 Å². The van der Waals surface area contributed by atoms with Crippen molar-refractivity contribution < 1.29 is 28.7 Å². The Labute approximate surface area is 207 Å². The summed E-state index contributed by atoms with van der Waals surface area (Å²) in [5.41, 5.74) is 2.73. The van der Waals surface area contributed by atoms with Crippen LogP contribution in [0.4, 0.5) is 0 Å². The largest absolute Gasteiger partial charge is 0.454 e. The molecule has 1 aromatic heterocycles. The molecule has 3 aromatic rings. The maximum Gasteiger partial charge on any atom is 0.340 e. The Balaban J connectivity index is 1.52. The highest BCUT2D eigenvalue weighted by Crippen LogP contribution is 2.34. The van der Waals surface area contributed by atoms with Gasteiger partial charge < -0.3 is 14.0 Å². The Morgan fingerprint density at radius 1 is 0.943 bits per heavy atom. The van der Waals surface area contributed by atoms with Gasteiger partial charge in [0, 0.05) is 53.9 Å². The number of carbonyl (C=O) groups excluding carboxylic acids is 4. The first-order valence-electron chi connectivity index (χ1n) is 11.1. The van der Waals surface area contributed by atoms with E-state index >= 15 is 0 Å². The first kappa shape index (κ1) is 24.6. The van der Waals surface area contributed by atoms with Gasteiger partial charge in [-0.1, -0.05) is 35.9 Å². The van der Waals surface area contributed by atoms with Crippen LogP contribution >= 0.6 is 11.6 Å². The average molecular weight is 494 g/mol. The number of carbonyl (C=O) groups is 4. The molecule has 0 radical (unpaired) electrons. The summed E-state index contributed by atoms with van der Waals surface area (Å²) in [5.74, 6) is -1.97. The number of ether oxygens (including phenoxy) is 2. The molecule has 0 amide bonds. The summed E-state index contributed by atoms with van der Waals surface area (Å²) >= 11 is 6.42. The minimum absolute atomic E-state index is 0.0317. The standard InChI is InChI=1S/C27H24ClNO6/c1-15-13-21(16(2)29(15)11-6-12-34-3)22(30)14-35-27(33)20-10-9-19-23(24(20)28)26(32)18-8-5-4-7-17(18)25(19)31/h4-5,7-10,13H,6,11-12,14H2,1-3H3. The lowest BCUT2D eigenvalue weighted by Crippen LogP contribution is -2.23. The molecule has 35 heavy (non-hydrogen) atoms. The van der Waals surface area contributed by atoms with Crippen LogP contribution in [0, 0.1) is 13.8 Å². The van der Waals surface area contributed by atoms with Crippen LogP contribution in [0.15, 0.2) is 42.5 Å². The monoisotopic (exact) mass is 493 g/mol. The number of aromatic nitrogens is 1. The molecule has 0 spiro atoms. The third-order valence-electron chi connectivity index (χ3n) is 6.19. The highest BCUT2D eigenvalue weighted by Gasteiger charge is 2.33. The Kier molecular flexibility index (Phi) is 7.00. The maximum absolute atomic E-state index is 13.0. The number of Topliss-reactive ketones (excluding diaryl/α,β-unsaturated/α-hetero) is 1. The van der Waals surface area contributed by atoms with E-state index in [1.54, 1.807) is 37.4 Å². The van der Waals surface area contributed by atoms with Gasteiger partial charge in [0.15, 0.2) is 18.2 Å². The number of esters is 1. The Morgan fingerprint density at radius 2 is 1.63 bits per heavy atom. The Morgan fingerprint density at radius 3 is 2.31 bits per heavy atom. The molecular weight excluding hydrogens is 470 g/mol. The van der Waals surface area contributed by atoms with Gasteiger partial charge in [0.05, 0.1) is 16.1 Å². The van der Waals surface area contributed by atoms with Gasteiger partial charge in [-0.05, 0) is 38.5 Å². The van der Waals surface area contributed by atoms with Crippen molar-refractivity contribution in [3.8, 4) is 0 Å². The molecule has 1 aliphatic rings. The number of ketones is 3. The fourth-order valence-electron chi connectivity index (χ4n) is 4.38. The van der Waals surface area contributed by atoms with Crippen LogP contribution in [0.3, 0.4) is 0 Å². The molecule has 0 unspecified atom stereocenters. The third kappa shape index (κ3) is 4.45. The molecule has 1 heterocycles. The van der Waals surface area contributed by atoms with Crippen LogP contribution in [-0.2, 0) is 16.0 Å². The van der Waals surface area contributed by atoms with E-state index in [9.17, 15) is 19.2 Å². The van der Waals surface area contributed by atoms with E-state index in [4.69, 9.17) is 21.1 Å². The first-order valence-corrected chi connectivity index (χ1v) is 11.5. The molecule has 0 aliphatic heterocycles. The normalized spacial score (nSPS) is 12.3. The smallest absolute Gasteiger partial charge is 0.340 e. The van der Waals surface area contributed by atoms with E-state index in [1.807, 2.05) is 18.4 Å². The van der Waals surface area contributed by atoms with Crippen LogP contribution in [0.25, 0.3) is 0 Å². The van der Waals surface area contributed by atoms with Crippen LogP contribution in [0.5, 0.6) is 0 Å². The van der Waals surface area contributed by atoms with Gasteiger partial charge in [0.25, 0.3) is 0 Å². The molecule has 0 bridgehead atoms. The zero-order chi connectivity index (χ0) is 25.3. The fraction of sp³-hybridized carbons (Fsp3) is 0.259. The maximum atomic E-state index is 13.0. The van der Waals surface area contributed by atoms with E-state index in [0.29, 0.717) is 24.3 Å². The zero-order valence-electron chi connectivity index (χ0n) is 19.6. The minimum Gasteiger partial charge on any atom is -0.454 e. The summed E-state index contributed by atoms with van der Waals surface area (Å²) in [4.78, 5) is 51.4. The number of methoxy groups -OCH3 is 1. The third-order valence-corrected chi connectivity index (χ3v) is 6.58. The van der Waals surface area contributed by atoms with Crippen molar-refractivity contribution in [1.29, 1.82) is 0 Å². The van der Waals surface area contributed by atoms with Crippen molar-refractivity contribution in [2.75, 3.05) is 20.3 Å². The lowest BCUT2D eigenvalue weighted by atomic mass is 9.83. The van der Waals surface area contributed by atoms with Crippen molar-refractivity contribution in [2.24, 2.45) is 0 Å². The second-order valence-electron chi connectivity index (χ2n) is 8.34. The van der Waals surface area contributed by atoms with E-state index < -0.39 is 18.4 Å². The number of benzene rings is 2. The second kappa shape index (κ2) is 9.98. The molecule has 2 aromatic carbocycles. The molecule has 1 aliphatic carbocycles. The molecule has 0 saturated heterocycles. The van der Waals surface area contributed by atoms with E-state index in [1.165, 1.54) is 12.1 Å². The summed E-state index contributed by atoms with van der Waals surface area (Å²) in [5, 5.41) is -0.163. The predicted molar refractivity (Wildman–Crippen MR) is 130 cm³/mol. The molecule has 8 heteroatoms. The van der Waals surface area contributed by atoms with Gasteiger partial charge in [-0.25, -0.2) is 4.79 Å². The van der Waals surface area contributed by atoms with Gasteiger partial charge in [-0.2, -0.15) is 0 Å². The van der Waals surface area contributed by atoms with Crippen molar-refractivity contribution >= 4 is 34.9 Å². The van der Waals surface area contributed by atoms with Crippen LogP contribution in [0.2, 0.25) is 5.02 Å². The summed E-state index contributed by atoms with van der Waals surface area (Å²) in [6, 6.07) is 11.0. The van der Waals surface area contributed by atoms with E-state index in [0.717, 1.165) is 17.8 Å². The number of halogens is 1. The van der Waals surface area contributed by atoms with Crippen molar-refractivity contribution in [3.63, 3.8) is 0 Å². The first-order chi connectivity index (χ1) is 16.8. The lowest BCUT2D eigenvalue weighted by Gasteiger charge is -2.19. The average Bonchev–Trinajstić information content (AvgIpc) is 3.14. The number of fused-ring (bicyclic) bond motifs is 2. The van der Waals surface area contributed by atoms with Gasteiger partial charge in [-0.3, -0.25) is 14.4 Å². The number of nitrogens with zero attached hydrogens (tertiary/aromatic N) is 1. The summed E-state index contributed by atoms with van der Waals surface area (Å²) < 4.78 is 12.4. The van der Waals surface area contributed by atoms with E-state index in [2.05, 4.69) is 0 Å². The topological polar surface area (TPSA) is 91.7 Å². The van der Waals surface area contributed by atoms with Crippen molar-refractivity contribution in [3.05, 3.63) is 92.3 Å². The Bertz CT molecular complexity index is 1370. The number of hydrogen-bond donors (Lipinski definition) is 0. The zero-order valence-corrected chi connectivity index (χ0v) is 20.4. The predicted octanol–water partition coefficient (Wildman–Crippen LogP) is 4.61. The highest BCUT2D eigenvalue weighted by molar-refractivity contribution is 6.41. The van der Waals surface area contributed by atoms with Crippen LogP contribution in [-0.4, -0.2) is 48.2 Å². The number of rotatable bonds is 8. The molecule has 4 rings (SSSR count). The second-order valence-corrected chi connectivity index (χ2v) is 8.71. The summed E-state index contributed by atoms with van der Waals surface area (Å²) in [6.07, 6.45) is 0.804. The van der Waals surface area contributed by atoms with Crippen LogP contribution < -0.4 is 0 Å².